The van der Waals surface area contributed by atoms with Crippen LogP contribution in [-0.2, 0) is 11.8 Å². The third-order valence-electron chi connectivity index (χ3n) is 4.95. The van der Waals surface area contributed by atoms with E-state index in [-0.39, 0.29) is 11.8 Å². The van der Waals surface area contributed by atoms with Gasteiger partial charge >= 0.3 is 0 Å². The molecule has 28 heavy (non-hydrogen) atoms. The lowest BCUT2D eigenvalue weighted by Gasteiger charge is -2.10. The Balaban J connectivity index is 1.54. The minimum absolute atomic E-state index is 0.123. The van der Waals surface area contributed by atoms with E-state index in [1.54, 1.807) is 22.9 Å². The summed E-state index contributed by atoms with van der Waals surface area (Å²) in [5.74, 6) is 0.672. The van der Waals surface area contributed by atoms with Gasteiger partial charge in [-0.05, 0) is 41.8 Å². The highest BCUT2D eigenvalue weighted by Crippen LogP contribution is 2.48. The van der Waals surface area contributed by atoms with Crippen LogP contribution < -0.4 is 0 Å². The molecule has 0 bridgehead atoms. The average molecular weight is 413 g/mol. The maximum Gasteiger partial charge on any atom is 0.225 e. The molecule has 0 N–H and O–H groups in total. The van der Waals surface area contributed by atoms with Crippen LogP contribution in [-0.4, -0.2) is 39.4 Å². The highest BCUT2D eigenvalue weighted by Gasteiger charge is 2.44. The first kappa shape index (κ1) is 19.0. The van der Waals surface area contributed by atoms with Gasteiger partial charge in [-0.1, -0.05) is 35.9 Å². The number of carbonyl (C=O) groups excluding carboxylic acids is 1. The predicted molar refractivity (Wildman–Crippen MR) is 112 cm³/mol. The molecule has 4 rings (SSSR count). The molecule has 1 aliphatic rings. The van der Waals surface area contributed by atoms with E-state index < -0.39 is 0 Å². The Kier molecular flexibility index (Phi) is 5.17. The molecule has 0 radical (unpaired) electrons. The number of halogens is 1. The van der Waals surface area contributed by atoms with Gasteiger partial charge < -0.3 is 9.47 Å². The van der Waals surface area contributed by atoms with Crippen molar-refractivity contribution in [3.05, 3.63) is 59.5 Å². The van der Waals surface area contributed by atoms with E-state index in [1.807, 2.05) is 44.2 Å². The second-order valence-corrected chi connectivity index (χ2v) is 8.67. The van der Waals surface area contributed by atoms with Gasteiger partial charge in [0.2, 0.25) is 5.91 Å². The second kappa shape index (κ2) is 7.60. The van der Waals surface area contributed by atoms with E-state index >= 15 is 0 Å². The summed E-state index contributed by atoms with van der Waals surface area (Å²) in [7, 11) is 5.61. The van der Waals surface area contributed by atoms with Crippen LogP contribution in [0, 0.1) is 5.92 Å². The topological polar surface area (TPSA) is 51.0 Å². The lowest BCUT2D eigenvalue weighted by atomic mass is 10.0. The molecule has 1 fully saturated rings. The number of rotatable bonds is 5. The Labute approximate surface area is 173 Å². The van der Waals surface area contributed by atoms with Gasteiger partial charge in [-0.15, -0.1) is 0 Å². The van der Waals surface area contributed by atoms with Crippen LogP contribution >= 0.6 is 23.4 Å². The minimum atomic E-state index is 0.123. The highest BCUT2D eigenvalue weighted by atomic mass is 35.5. The van der Waals surface area contributed by atoms with Crippen molar-refractivity contribution in [3.8, 4) is 11.3 Å². The van der Waals surface area contributed by atoms with E-state index in [9.17, 15) is 4.79 Å². The number of aryl methyl sites for hydroxylation is 1. The lowest BCUT2D eigenvalue weighted by Crippen LogP contribution is -2.23. The van der Waals surface area contributed by atoms with E-state index in [2.05, 4.69) is 34.2 Å². The Morgan fingerprint density at radius 3 is 2.57 bits per heavy atom. The van der Waals surface area contributed by atoms with E-state index in [4.69, 9.17) is 11.6 Å². The maximum atomic E-state index is 12.1. The minimum Gasteiger partial charge on any atom is -0.349 e. The largest absolute Gasteiger partial charge is 0.349 e. The molecule has 0 saturated heterocycles. The zero-order valence-corrected chi connectivity index (χ0v) is 17.5. The molecule has 7 heteroatoms. The smallest absolute Gasteiger partial charge is 0.225 e. The summed E-state index contributed by atoms with van der Waals surface area (Å²) in [5.41, 5.74) is 3.19. The summed E-state index contributed by atoms with van der Waals surface area (Å²) >= 11 is 7.49. The molecule has 144 valence electrons. The van der Waals surface area contributed by atoms with Gasteiger partial charge in [0.05, 0.1) is 11.3 Å². The SMILES string of the molecule is CN(C)C(=O)C1C[C@@H]1c1ccc(-c2ncn(C)c2Sc2ccc(Cl)cn2)cc1. The van der Waals surface area contributed by atoms with Crippen LogP contribution in [0.25, 0.3) is 11.3 Å². The molecule has 1 unspecified atom stereocenters. The average Bonchev–Trinajstić information content (AvgIpc) is 3.41. The van der Waals surface area contributed by atoms with Crippen LogP contribution in [0.2, 0.25) is 5.02 Å². The number of amides is 1. The van der Waals surface area contributed by atoms with Crippen molar-refractivity contribution < 1.29 is 4.79 Å². The first-order chi connectivity index (χ1) is 13.4. The van der Waals surface area contributed by atoms with Crippen molar-refractivity contribution in [2.24, 2.45) is 13.0 Å². The van der Waals surface area contributed by atoms with Crippen LogP contribution in [0.5, 0.6) is 0 Å². The van der Waals surface area contributed by atoms with Gasteiger partial charge in [0, 0.05) is 38.8 Å². The summed E-state index contributed by atoms with van der Waals surface area (Å²) < 4.78 is 2.00. The number of carbonyl (C=O) groups is 1. The van der Waals surface area contributed by atoms with Crippen LogP contribution in [0.4, 0.5) is 0 Å². The number of aromatic nitrogens is 3. The van der Waals surface area contributed by atoms with Crippen LogP contribution in [0.3, 0.4) is 0 Å². The number of imidazole rings is 1. The zero-order chi connectivity index (χ0) is 19.8. The van der Waals surface area contributed by atoms with E-state index in [0.29, 0.717) is 10.9 Å². The molecule has 0 aliphatic heterocycles. The number of pyridine rings is 1. The fraction of sp³-hybridized carbons (Fsp3) is 0.286. The Bertz CT molecular complexity index is 998. The van der Waals surface area contributed by atoms with E-state index in [1.165, 1.54) is 5.56 Å². The number of nitrogens with zero attached hydrogens (tertiary/aromatic N) is 4. The van der Waals surface area contributed by atoms with Gasteiger partial charge in [-0.25, -0.2) is 9.97 Å². The molecular formula is C21H21ClN4OS. The Morgan fingerprint density at radius 2 is 1.93 bits per heavy atom. The van der Waals surface area contributed by atoms with Gasteiger partial charge in [0.1, 0.15) is 15.7 Å². The van der Waals surface area contributed by atoms with Gasteiger partial charge in [-0.2, -0.15) is 0 Å². The van der Waals surface area contributed by atoms with Crippen molar-refractivity contribution in [2.45, 2.75) is 22.4 Å². The first-order valence-corrected chi connectivity index (χ1v) is 10.3. The van der Waals surface area contributed by atoms with Crippen molar-refractivity contribution in [1.82, 2.24) is 19.4 Å². The molecule has 2 atom stereocenters. The third-order valence-corrected chi connectivity index (χ3v) is 6.29. The summed E-state index contributed by atoms with van der Waals surface area (Å²) in [6, 6.07) is 12.2. The standard InChI is InChI=1S/C21H21ClN4OS/c1-25(2)20(27)17-10-16(17)13-4-6-14(7-5-13)19-21(26(3)12-24-19)28-18-9-8-15(22)11-23-18/h4-9,11-12,16-17H,10H2,1-3H3/t16-,17?/m1/s1. The van der Waals surface area contributed by atoms with Crippen molar-refractivity contribution in [3.63, 3.8) is 0 Å². The molecule has 2 aromatic heterocycles. The monoisotopic (exact) mass is 412 g/mol. The molecule has 1 amide bonds. The fourth-order valence-electron chi connectivity index (χ4n) is 3.32. The molecule has 1 aromatic carbocycles. The Hall–Kier alpha value is -2.31. The first-order valence-electron chi connectivity index (χ1n) is 9.06. The highest BCUT2D eigenvalue weighted by molar-refractivity contribution is 7.99. The number of hydrogen-bond acceptors (Lipinski definition) is 4. The molecule has 5 nitrogen and oxygen atoms in total. The summed E-state index contributed by atoms with van der Waals surface area (Å²) in [6.45, 7) is 0. The molecule has 0 spiro atoms. The van der Waals surface area contributed by atoms with E-state index in [0.717, 1.165) is 27.7 Å². The quantitative estimate of drug-likeness (QED) is 0.620. The third kappa shape index (κ3) is 3.80. The van der Waals surface area contributed by atoms with Gasteiger partial charge in [0.15, 0.2) is 0 Å². The van der Waals surface area contributed by atoms with Crippen LogP contribution in [0.15, 0.2) is 59.0 Å². The fourth-order valence-corrected chi connectivity index (χ4v) is 4.32. The Morgan fingerprint density at radius 1 is 1.18 bits per heavy atom. The zero-order valence-electron chi connectivity index (χ0n) is 16.0. The maximum absolute atomic E-state index is 12.1. The molecular weight excluding hydrogens is 392 g/mol. The molecule has 3 aromatic rings. The second-order valence-electron chi connectivity index (χ2n) is 7.23. The number of hydrogen-bond donors (Lipinski definition) is 0. The molecule has 1 saturated carbocycles. The summed E-state index contributed by atoms with van der Waals surface area (Å²) in [6.07, 6.45) is 4.40. The molecule has 1 aliphatic carbocycles. The normalized spacial score (nSPS) is 18.1. The lowest BCUT2D eigenvalue weighted by molar-refractivity contribution is -0.130. The number of benzene rings is 1. The van der Waals surface area contributed by atoms with Crippen molar-refractivity contribution in [1.29, 1.82) is 0 Å². The van der Waals surface area contributed by atoms with Gasteiger partial charge in [0.25, 0.3) is 0 Å². The van der Waals surface area contributed by atoms with Crippen LogP contribution in [0.1, 0.15) is 17.9 Å². The van der Waals surface area contributed by atoms with Crippen molar-refractivity contribution >= 4 is 29.3 Å². The predicted octanol–water partition coefficient (Wildman–Crippen LogP) is 4.48. The van der Waals surface area contributed by atoms with Gasteiger partial charge in [-0.3, -0.25) is 4.79 Å². The summed E-state index contributed by atoms with van der Waals surface area (Å²) in [5, 5.41) is 2.51. The summed E-state index contributed by atoms with van der Waals surface area (Å²) in [4.78, 5) is 22.7. The van der Waals surface area contributed by atoms with Crippen molar-refractivity contribution in [2.75, 3.05) is 14.1 Å². The molecule has 2 heterocycles.